The number of aromatic nitrogens is 4. The topological polar surface area (TPSA) is 65.5 Å². The highest BCUT2D eigenvalue weighted by Crippen LogP contribution is 2.26. The molecule has 4 rings (SSSR count). The van der Waals surface area contributed by atoms with Gasteiger partial charge in [-0.2, -0.15) is 9.61 Å². The van der Waals surface area contributed by atoms with E-state index >= 15 is 0 Å². The van der Waals surface area contributed by atoms with E-state index in [0.717, 1.165) is 32.6 Å². The van der Waals surface area contributed by atoms with Gasteiger partial charge in [0.25, 0.3) is 0 Å². The second-order valence-electron chi connectivity index (χ2n) is 5.12. The predicted octanol–water partition coefficient (Wildman–Crippen LogP) is 3.93. The van der Waals surface area contributed by atoms with E-state index in [1.54, 1.807) is 17.9 Å². The van der Waals surface area contributed by atoms with Gasteiger partial charge in [0.05, 0.1) is 18.9 Å². The lowest BCUT2D eigenvalue weighted by Gasteiger charge is -2.02. The normalized spacial score (nSPS) is 11.6. The predicted molar refractivity (Wildman–Crippen MR) is 93.0 cm³/mol. The lowest BCUT2D eigenvalue weighted by Crippen LogP contribution is -1.90. The summed E-state index contributed by atoms with van der Waals surface area (Å²) in [5, 5.41) is 13.8. The highest BCUT2D eigenvalue weighted by Gasteiger charge is 2.15. The third kappa shape index (κ3) is 2.48. The average Bonchev–Trinajstić information content (AvgIpc) is 3.28. The quantitative estimate of drug-likeness (QED) is 0.564. The minimum Gasteiger partial charge on any atom is -0.496 e. The van der Waals surface area contributed by atoms with Crippen LogP contribution in [0.2, 0.25) is 0 Å². The number of fused-ring (bicyclic) bond motifs is 1. The zero-order valence-electron chi connectivity index (χ0n) is 13.1. The molecule has 0 radical (unpaired) electrons. The highest BCUT2D eigenvalue weighted by molar-refractivity contribution is 7.17. The standard InChI is InChI=1S/C17H14N4O2S/c1-11-13(9-10-23-11)16-18-19-17-21(16)20-15(24-17)8-7-12-5-3-4-6-14(12)22-2/h3-10H,1-2H3/b8-7-. The maximum atomic E-state index is 5.35. The Bertz CT molecular complexity index is 1030. The van der Waals surface area contributed by atoms with Crippen LogP contribution in [-0.4, -0.2) is 26.9 Å². The average molecular weight is 338 g/mol. The van der Waals surface area contributed by atoms with Gasteiger partial charge in [-0.3, -0.25) is 0 Å². The van der Waals surface area contributed by atoms with Crippen LogP contribution in [0.1, 0.15) is 16.3 Å². The van der Waals surface area contributed by atoms with Crippen LogP contribution in [0.5, 0.6) is 5.75 Å². The molecule has 0 aliphatic carbocycles. The Balaban J connectivity index is 1.70. The van der Waals surface area contributed by atoms with Crippen molar-refractivity contribution in [2.45, 2.75) is 6.92 Å². The van der Waals surface area contributed by atoms with Crippen molar-refractivity contribution >= 4 is 28.4 Å². The van der Waals surface area contributed by atoms with Crippen molar-refractivity contribution in [3.05, 3.63) is 52.9 Å². The van der Waals surface area contributed by atoms with Crippen LogP contribution < -0.4 is 4.74 Å². The number of para-hydroxylation sites is 1. The Kier molecular flexibility index (Phi) is 3.62. The Morgan fingerprint density at radius 2 is 2.04 bits per heavy atom. The van der Waals surface area contributed by atoms with Crippen molar-refractivity contribution in [2.24, 2.45) is 0 Å². The minimum absolute atomic E-state index is 0.685. The Morgan fingerprint density at radius 3 is 2.83 bits per heavy atom. The van der Waals surface area contributed by atoms with Gasteiger partial charge in [-0.05, 0) is 31.2 Å². The van der Waals surface area contributed by atoms with Crippen LogP contribution in [0.25, 0.3) is 28.5 Å². The molecule has 6 nitrogen and oxygen atoms in total. The summed E-state index contributed by atoms with van der Waals surface area (Å²) in [4.78, 5) is 0.741. The van der Waals surface area contributed by atoms with Crippen molar-refractivity contribution in [3.8, 4) is 17.1 Å². The number of nitrogens with zero attached hydrogens (tertiary/aromatic N) is 4. The molecule has 0 amide bonds. The first-order valence-electron chi connectivity index (χ1n) is 7.34. The number of benzene rings is 1. The van der Waals surface area contributed by atoms with Gasteiger partial charge >= 0.3 is 0 Å². The molecule has 3 heterocycles. The number of furan rings is 1. The molecule has 0 saturated carbocycles. The van der Waals surface area contributed by atoms with Gasteiger partial charge in [0.1, 0.15) is 16.5 Å². The van der Waals surface area contributed by atoms with E-state index in [1.807, 2.05) is 49.4 Å². The molecule has 24 heavy (non-hydrogen) atoms. The van der Waals surface area contributed by atoms with Crippen LogP contribution in [0.4, 0.5) is 0 Å². The van der Waals surface area contributed by atoms with E-state index in [4.69, 9.17) is 9.15 Å². The van der Waals surface area contributed by atoms with Gasteiger partial charge in [-0.1, -0.05) is 29.5 Å². The number of methoxy groups -OCH3 is 1. The second kappa shape index (κ2) is 5.93. The minimum atomic E-state index is 0.685. The first kappa shape index (κ1) is 14.6. The fourth-order valence-electron chi connectivity index (χ4n) is 2.45. The molecule has 0 aliphatic rings. The van der Waals surface area contributed by atoms with Gasteiger partial charge in [-0.25, -0.2) is 0 Å². The van der Waals surface area contributed by atoms with E-state index in [0.29, 0.717) is 5.82 Å². The summed E-state index contributed by atoms with van der Waals surface area (Å²) in [6, 6.07) is 9.71. The Morgan fingerprint density at radius 1 is 1.17 bits per heavy atom. The summed E-state index contributed by atoms with van der Waals surface area (Å²) in [5.74, 6) is 2.30. The lowest BCUT2D eigenvalue weighted by molar-refractivity contribution is 0.414. The molecule has 3 aromatic heterocycles. The zero-order chi connectivity index (χ0) is 16.5. The van der Waals surface area contributed by atoms with E-state index in [1.165, 1.54) is 11.3 Å². The van der Waals surface area contributed by atoms with Gasteiger partial charge in [-0.15, -0.1) is 10.2 Å². The third-order valence-electron chi connectivity index (χ3n) is 3.65. The molecule has 0 bridgehead atoms. The number of hydrogen-bond donors (Lipinski definition) is 0. The zero-order valence-corrected chi connectivity index (χ0v) is 13.9. The Labute approximate surface area is 142 Å². The first-order chi connectivity index (χ1) is 11.8. The van der Waals surface area contributed by atoms with Crippen LogP contribution >= 0.6 is 11.3 Å². The molecule has 1 aromatic carbocycles. The fourth-order valence-corrected chi connectivity index (χ4v) is 3.19. The van der Waals surface area contributed by atoms with Crippen molar-refractivity contribution < 1.29 is 9.15 Å². The first-order valence-corrected chi connectivity index (χ1v) is 8.16. The molecule has 7 heteroatoms. The third-order valence-corrected chi connectivity index (χ3v) is 4.51. The van der Waals surface area contributed by atoms with Gasteiger partial charge < -0.3 is 9.15 Å². The molecule has 4 aromatic rings. The van der Waals surface area contributed by atoms with Crippen molar-refractivity contribution in [1.29, 1.82) is 0 Å². The summed E-state index contributed by atoms with van der Waals surface area (Å²) in [5.41, 5.74) is 1.89. The second-order valence-corrected chi connectivity index (χ2v) is 6.11. The fraction of sp³-hybridized carbons (Fsp3) is 0.118. The summed E-state index contributed by atoms with van der Waals surface area (Å²) < 4.78 is 12.4. The molecule has 120 valence electrons. The molecule has 0 aliphatic heterocycles. The SMILES string of the molecule is COc1ccccc1/C=C\c1nn2c(-c3ccoc3C)nnc2s1. The maximum Gasteiger partial charge on any atom is 0.235 e. The molecular weight excluding hydrogens is 324 g/mol. The van der Waals surface area contributed by atoms with Crippen molar-refractivity contribution in [2.75, 3.05) is 7.11 Å². The number of aryl methyl sites for hydroxylation is 1. The number of rotatable bonds is 4. The summed E-state index contributed by atoms with van der Waals surface area (Å²) in [7, 11) is 1.66. The van der Waals surface area contributed by atoms with Crippen LogP contribution in [0.15, 0.2) is 41.0 Å². The van der Waals surface area contributed by atoms with Gasteiger partial charge in [0, 0.05) is 5.56 Å². The lowest BCUT2D eigenvalue weighted by atomic mass is 10.2. The van der Waals surface area contributed by atoms with Crippen LogP contribution in [0.3, 0.4) is 0 Å². The molecule has 0 saturated heterocycles. The Hall–Kier alpha value is -2.93. The molecule has 0 unspecified atom stereocenters. The van der Waals surface area contributed by atoms with Gasteiger partial charge in [0.2, 0.25) is 4.96 Å². The largest absolute Gasteiger partial charge is 0.496 e. The summed E-state index contributed by atoms with van der Waals surface area (Å²) >= 11 is 1.47. The summed E-state index contributed by atoms with van der Waals surface area (Å²) in [6.45, 7) is 1.89. The smallest absolute Gasteiger partial charge is 0.235 e. The molecule has 0 fully saturated rings. The maximum absolute atomic E-state index is 5.35. The monoisotopic (exact) mass is 338 g/mol. The van der Waals surface area contributed by atoms with E-state index in [-0.39, 0.29) is 0 Å². The molecule has 0 atom stereocenters. The number of hydrogen-bond acceptors (Lipinski definition) is 6. The molecular formula is C17H14N4O2S. The molecule has 0 N–H and O–H groups in total. The van der Waals surface area contributed by atoms with E-state index in [2.05, 4.69) is 15.3 Å². The molecule has 0 spiro atoms. The van der Waals surface area contributed by atoms with Crippen LogP contribution in [0, 0.1) is 6.92 Å². The summed E-state index contributed by atoms with van der Waals surface area (Å²) in [6.07, 6.45) is 5.57. The van der Waals surface area contributed by atoms with Gasteiger partial charge in [0.15, 0.2) is 5.82 Å². The van der Waals surface area contributed by atoms with Crippen LogP contribution in [-0.2, 0) is 0 Å². The van der Waals surface area contributed by atoms with E-state index in [9.17, 15) is 0 Å². The van der Waals surface area contributed by atoms with Crippen molar-refractivity contribution in [1.82, 2.24) is 19.8 Å². The number of ether oxygens (including phenoxy) is 1. The highest BCUT2D eigenvalue weighted by atomic mass is 32.1. The van der Waals surface area contributed by atoms with E-state index < -0.39 is 0 Å². The van der Waals surface area contributed by atoms with Crippen molar-refractivity contribution in [3.63, 3.8) is 0 Å².